The summed E-state index contributed by atoms with van der Waals surface area (Å²) in [5.74, 6) is -0.648. The van der Waals surface area contributed by atoms with Crippen molar-refractivity contribution >= 4 is 27.5 Å². The summed E-state index contributed by atoms with van der Waals surface area (Å²) in [6, 6.07) is 5.17. The molecule has 1 aromatic carbocycles. The van der Waals surface area contributed by atoms with E-state index in [4.69, 9.17) is 0 Å². The van der Waals surface area contributed by atoms with Gasteiger partial charge in [-0.2, -0.15) is 18.3 Å². The molecule has 128 valence electrons. The molecule has 0 aliphatic carbocycles. The van der Waals surface area contributed by atoms with Gasteiger partial charge in [0.05, 0.1) is 0 Å². The van der Waals surface area contributed by atoms with Gasteiger partial charge in [0.2, 0.25) is 5.91 Å². The second-order valence-corrected chi connectivity index (χ2v) is 5.98. The van der Waals surface area contributed by atoms with Gasteiger partial charge in [-0.3, -0.25) is 9.59 Å². The third kappa shape index (κ3) is 4.02. The van der Waals surface area contributed by atoms with Crippen molar-refractivity contribution in [2.45, 2.75) is 26.1 Å². The normalized spacial score (nSPS) is 12.8. The molecule has 0 radical (unpaired) electrons. The van der Waals surface area contributed by atoms with Gasteiger partial charge in [-0.25, -0.2) is 4.68 Å². The Hall–Kier alpha value is -2.16. The number of carbonyl (C=O) groups excluding carboxylic acids is 1. The Bertz CT molecular complexity index is 833. The predicted octanol–water partition coefficient (Wildman–Crippen LogP) is 3.53. The molecule has 0 spiro atoms. The van der Waals surface area contributed by atoms with Gasteiger partial charge in [-0.15, -0.1) is 0 Å². The monoisotopic (exact) mass is 403 g/mol. The largest absolute Gasteiger partial charge is 0.435 e. The third-order valence-electron chi connectivity index (χ3n) is 3.29. The number of nitrogens with one attached hydrogen (secondary N) is 1. The summed E-state index contributed by atoms with van der Waals surface area (Å²) in [6.45, 7) is 3.12. The molecule has 1 heterocycles. The number of halogens is 4. The quantitative estimate of drug-likeness (QED) is 0.852. The smallest absolute Gasteiger partial charge is 0.324 e. The van der Waals surface area contributed by atoms with Crippen LogP contribution in [0.3, 0.4) is 0 Å². The molecule has 1 atom stereocenters. The van der Waals surface area contributed by atoms with Crippen LogP contribution in [0.2, 0.25) is 0 Å². The minimum atomic E-state index is -4.70. The molecule has 1 unspecified atom stereocenters. The van der Waals surface area contributed by atoms with Gasteiger partial charge in [-0.05, 0) is 43.7 Å². The van der Waals surface area contributed by atoms with Crippen LogP contribution in [0.25, 0.3) is 0 Å². The van der Waals surface area contributed by atoms with E-state index in [9.17, 15) is 22.8 Å². The number of aryl methyl sites for hydroxylation is 1. The Morgan fingerprint density at radius 3 is 2.54 bits per heavy atom. The van der Waals surface area contributed by atoms with Gasteiger partial charge in [0, 0.05) is 16.2 Å². The number of carbonyl (C=O) groups is 1. The lowest BCUT2D eigenvalue weighted by molar-refractivity contribution is -0.142. The molecule has 0 saturated heterocycles. The molecule has 2 rings (SSSR count). The average Bonchev–Trinajstić information content (AvgIpc) is 2.49. The van der Waals surface area contributed by atoms with E-state index in [1.165, 1.54) is 6.92 Å². The van der Waals surface area contributed by atoms with Crippen molar-refractivity contribution in [1.29, 1.82) is 0 Å². The van der Waals surface area contributed by atoms with Crippen LogP contribution in [-0.2, 0) is 11.0 Å². The summed E-state index contributed by atoms with van der Waals surface area (Å²) in [5, 5.41) is 5.80. The number of hydrogen-bond acceptors (Lipinski definition) is 3. The summed E-state index contributed by atoms with van der Waals surface area (Å²) < 4.78 is 39.5. The van der Waals surface area contributed by atoms with Crippen molar-refractivity contribution in [3.05, 3.63) is 56.4 Å². The number of aromatic nitrogens is 2. The van der Waals surface area contributed by atoms with Gasteiger partial charge in [0.15, 0.2) is 5.69 Å². The highest BCUT2D eigenvalue weighted by molar-refractivity contribution is 9.10. The second-order valence-electron chi connectivity index (χ2n) is 5.13. The number of benzene rings is 1. The topological polar surface area (TPSA) is 64.0 Å². The first kappa shape index (κ1) is 18.2. The lowest BCUT2D eigenvalue weighted by atomic mass is 10.2. The van der Waals surface area contributed by atoms with Crippen LogP contribution in [0.1, 0.15) is 24.2 Å². The van der Waals surface area contributed by atoms with Crippen molar-refractivity contribution in [2.75, 3.05) is 5.32 Å². The summed E-state index contributed by atoms with van der Waals surface area (Å²) in [6.07, 6.45) is -4.70. The van der Waals surface area contributed by atoms with Crippen LogP contribution in [0.15, 0.2) is 39.6 Å². The van der Waals surface area contributed by atoms with E-state index < -0.39 is 29.4 Å². The lowest BCUT2D eigenvalue weighted by Crippen LogP contribution is -2.34. The molecular weight excluding hydrogens is 391 g/mol. The molecule has 24 heavy (non-hydrogen) atoms. The molecule has 1 aromatic heterocycles. The van der Waals surface area contributed by atoms with Crippen LogP contribution in [-0.4, -0.2) is 15.7 Å². The minimum Gasteiger partial charge on any atom is -0.324 e. The lowest BCUT2D eigenvalue weighted by Gasteiger charge is -2.16. The van der Waals surface area contributed by atoms with E-state index in [2.05, 4.69) is 26.3 Å². The zero-order valence-corrected chi connectivity index (χ0v) is 14.3. The van der Waals surface area contributed by atoms with Crippen LogP contribution in [0, 0.1) is 6.92 Å². The van der Waals surface area contributed by atoms with E-state index in [1.807, 2.05) is 6.92 Å². The Morgan fingerprint density at radius 1 is 1.29 bits per heavy atom. The van der Waals surface area contributed by atoms with Crippen LogP contribution in [0.4, 0.5) is 18.9 Å². The highest BCUT2D eigenvalue weighted by Gasteiger charge is 2.34. The molecule has 0 aliphatic rings. The fraction of sp³-hybridized carbons (Fsp3) is 0.267. The summed E-state index contributed by atoms with van der Waals surface area (Å²) in [7, 11) is 0. The van der Waals surface area contributed by atoms with Gasteiger partial charge in [-0.1, -0.05) is 15.9 Å². The number of amides is 1. The van der Waals surface area contributed by atoms with E-state index in [0.717, 1.165) is 16.1 Å². The zero-order valence-electron chi connectivity index (χ0n) is 12.7. The van der Waals surface area contributed by atoms with Crippen molar-refractivity contribution in [2.24, 2.45) is 0 Å². The second kappa shape index (κ2) is 6.76. The third-order valence-corrected chi connectivity index (χ3v) is 4.18. The first-order valence-electron chi connectivity index (χ1n) is 6.83. The summed E-state index contributed by atoms with van der Waals surface area (Å²) in [4.78, 5) is 24.0. The summed E-state index contributed by atoms with van der Waals surface area (Å²) >= 11 is 3.32. The van der Waals surface area contributed by atoms with Gasteiger partial charge in [0.25, 0.3) is 5.56 Å². The standard InChI is InChI=1S/C15H13BrF3N3O2/c1-8-7-10(3-4-11(8)16)20-14(24)9(2)22-13(23)6-5-12(21-22)15(17,18)19/h3-7,9H,1-2H3,(H,20,24). The number of alkyl halides is 3. The zero-order chi connectivity index (χ0) is 18.1. The van der Waals surface area contributed by atoms with Crippen LogP contribution < -0.4 is 10.9 Å². The van der Waals surface area contributed by atoms with Crippen LogP contribution >= 0.6 is 15.9 Å². The van der Waals surface area contributed by atoms with E-state index >= 15 is 0 Å². The fourth-order valence-electron chi connectivity index (χ4n) is 1.93. The van der Waals surface area contributed by atoms with Crippen molar-refractivity contribution in [3.63, 3.8) is 0 Å². The van der Waals surface area contributed by atoms with Crippen molar-refractivity contribution in [1.82, 2.24) is 9.78 Å². The summed E-state index contributed by atoms with van der Waals surface area (Å²) in [5.41, 5.74) is -0.693. The Morgan fingerprint density at radius 2 is 1.96 bits per heavy atom. The molecule has 0 fully saturated rings. The highest BCUT2D eigenvalue weighted by Crippen LogP contribution is 2.26. The first-order chi connectivity index (χ1) is 11.1. The van der Waals surface area contributed by atoms with Crippen molar-refractivity contribution in [3.8, 4) is 0 Å². The molecule has 0 bridgehead atoms. The number of rotatable bonds is 3. The SMILES string of the molecule is Cc1cc(NC(=O)C(C)n2nc(C(F)(F)F)ccc2=O)ccc1Br. The molecule has 0 aliphatic heterocycles. The first-order valence-corrected chi connectivity index (χ1v) is 7.63. The van der Waals surface area contributed by atoms with Gasteiger partial charge < -0.3 is 5.32 Å². The Balaban J connectivity index is 2.27. The van der Waals surface area contributed by atoms with Gasteiger partial charge >= 0.3 is 6.18 Å². The highest BCUT2D eigenvalue weighted by atomic mass is 79.9. The van der Waals surface area contributed by atoms with Gasteiger partial charge in [0.1, 0.15) is 6.04 Å². The Labute approximate surface area is 143 Å². The number of anilines is 1. The molecule has 9 heteroatoms. The molecular formula is C15H13BrF3N3O2. The molecule has 5 nitrogen and oxygen atoms in total. The molecule has 0 saturated carbocycles. The minimum absolute atomic E-state index is 0.465. The Kier molecular flexibility index (Phi) is 5.12. The molecule has 1 amide bonds. The predicted molar refractivity (Wildman–Crippen MR) is 85.7 cm³/mol. The fourth-order valence-corrected chi connectivity index (χ4v) is 2.18. The maximum Gasteiger partial charge on any atom is 0.435 e. The number of nitrogens with zero attached hydrogens (tertiary/aromatic N) is 2. The van der Waals surface area contributed by atoms with E-state index in [1.54, 1.807) is 18.2 Å². The average molecular weight is 404 g/mol. The van der Waals surface area contributed by atoms with E-state index in [0.29, 0.717) is 16.4 Å². The molecule has 1 N–H and O–H groups in total. The maximum absolute atomic E-state index is 12.7. The van der Waals surface area contributed by atoms with Crippen LogP contribution in [0.5, 0.6) is 0 Å². The van der Waals surface area contributed by atoms with Crippen molar-refractivity contribution < 1.29 is 18.0 Å². The number of hydrogen-bond donors (Lipinski definition) is 1. The van der Waals surface area contributed by atoms with E-state index in [-0.39, 0.29) is 0 Å². The molecule has 2 aromatic rings. The maximum atomic E-state index is 12.7.